The van der Waals surface area contributed by atoms with E-state index in [0.29, 0.717) is 57.4 Å². The van der Waals surface area contributed by atoms with E-state index in [9.17, 15) is 4.57 Å². The first-order chi connectivity index (χ1) is 16.9. The summed E-state index contributed by atoms with van der Waals surface area (Å²) in [6.07, 6.45) is 11.4. The largest absolute Gasteiger partial charge is 0.475 e. The second-order valence-corrected chi connectivity index (χ2v) is 10.7. The van der Waals surface area contributed by atoms with Crippen molar-refractivity contribution in [2.45, 2.75) is 59.3 Å². The van der Waals surface area contributed by atoms with Gasteiger partial charge in [0.2, 0.25) is 0 Å². The molecule has 0 radical (unpaired) electrons. The molecule has 0 aromatic rings. The van der Waals surface area contributed by atoms with Crippen LogP contribution in [0.3, 0.4) is 0 Å². The summed E-state index contributed by atoms with van der Waals surface area (Å²) in [7, 11) is -3.73. The summed E-state index contributed by atoms with van der Waals surface area (Å²) >= 11 is 0. The van der Waals surface area contributed by atoms with Gasteiger partial charge in [-0.2, -0.15) is 0 Å². The number of ether oxygens (including phenoxy) is 3. The molecule has 3 atom stereocenters. The van der Waals surface area contributed by atoms with Crippen molar-refractivity contribution in [1.82, 2.24) is 0 Å². The summed E-state index contributed by atoms with van der Waals surface area (Å²) in [6, 6.07) is 0. The van der Waals surface area contributed by atoms with Crippen molar-refractivity contribution in [1.29, 1.82) is 0 Å². The molecule has 0 aromatic carbocycles. The van der Waals surface area contributed by atoms with Crippen molar-refractivity contribution in [3.8, 4) is 0 Å². The van der Waals surface area contributed by atoms with Gasteiger partial charge in [0.05, 0.1) is 39.6 Å². The summed E-state index contributed by atoms with van der Waals surface area (Å²) in [5.41, 5.74) is 0. The van der Waals surface area contributed by atoms with E-state index in [4.69, 9.17) is 27.8 Å². The predicted molar refractivity (Wildman–Crippen MR) is 144 cm³/mol. The van der Waals surface area contributed by atoms with Gasteiger partial charge in [-0.3, -0.25) is 13.6 Å². The van der Waals surface area contributed by atoms with E-state index in [1.165, 1.54) is 0 Å². The maximum Gasteiger partial charge on any atom is 0.475 e. The van der Waals surface area contributed by atoms with Crippen molar-refractivity contribution in [3.05, 3.63) is 38.0 Å². The normalized spacial score (nSPS) is 15.7. The molecular weight excluding hydrogens is 467 g/mol. The summed E-state index contributed by atoms with van der Waals surface area (Å²) in [4.78, 5) is 0. The highest BCUT2D eigenvalue weighted by Crippen LogP contribution is 2.49. The molecule has 35 heavy (non-hydrogen) atoms. The average molecular weight is 519 g/mol. The Morgan fingerprint density at radius 2 is 0.829 bits per heavy atom. The van der Waals surface area contributed by atoms with Crippen molar-refractivity contribution in [2.75, 3.05) is 59.5 Å². The van der Waals surface area contributed by atoms with Crippen LogP contribution in [0.15, 0.2) is 38.0 Å². The van der Waals surface area contributed by atoms with Gasteiger partial charge in [0, 0.05) is 19.8 Å². The first kappa shape index (κ1) is 34.2. The van der Waals surface area contributed by atoms with Crippen LogP contribution in [0.4, 0.5) is 0 Å². The van der Waals surface area contributed by atoms with Gasteiger partial charge in [-0.05, 0) is 56.3 Å². The van der Waals surface area contributed by atoms with Gasteiger partial charge in [0.25, 0.3) is 0 Å². The number of rotatable bonds is 27. The molecule has 8 heteroatoms. The van der Waals surface area contributed by atoms with Crippen molar-refractivity contribution >= 4 is 7.82 Å². The number of phosphoric acid groups is 1. The molecular formula is C27H51O7P. The minimum absolute atomic E-state index is 0.118. The van der Waals surface area contributed by atoms with E-state index in [2.05, 4.69) is 40.5 Å². The quantitative estimate of drug-likeness (QED) is 0.0658. The fourth-order valence-corrected chi connectivity index (χ4v) is 4.22. The highest BCUT2D eigenvalue weighted by Gasteiger charge is 2.26. The van der Waals surface area contributed by atoms with Crippen LogP contribution >= 0.6 is 7.82 Å². The van der Waals surface area contributed by atoms with E-state index in [-0.39, 0.29) is 19.8 Å². The van der Waals surface area contributed by atoms with Crippen LogP contribution in [0.5, 0.6) is 0 Å². The fraction of sp³-hybridized carbons (Fsp3) is 0.778. The summed E-state index contributed by atoms with van der Waals surface area (Å²) in [5, 5.41) is 0. The zero-order chi connectivity index (χ0) is 26.2. The monoisotopic (exact) mass is 518 g/mol. The average Bonchev–Trinajstić information content (AvgIpc) is 2.81. The number of hydrogen-bond acceptors (Lipinski definition) is 7. The fourth-order valence-electron chi connectivity index (χ4n) is 3.10. The molecule has 0 N–H and O–H groups in total. The lowest BCUT2D eigenvalue weighted by Crippen LogP contribution is -2.13. The third-order valence-electron chi connectivity index (χ3n) is 5.40. The van der Waals surface area contributed by atoms with Crippen LogP contribution in [-0.4, -0.2) is 59.5 Å². The van der Waals surface area contributed by atoms with E-state index in [0.717, 1.165) is 38.5 Å². The van der Waals surface area contributed by atoms with Crippen LogP contribution < -0.4 is 0 Å². The Labute approximate surface area is 214 Å². The predicted octanol–water partition coefficient (Wildman–Crippen LogP) is 7.00. The minimum atomic E-state index is -3.73. The molecule has 0 heterocycles. The zero-order valence-electron chi connectivity index (χ0n) is 22.5. The lowest BCUT2D eigenvalue weighted by Gasteiger charge is -2.19. The number of allylic oxidation sites excluding steroid dienone is 3. The molecule has 0 saturated heterocycles. The maximum absolute atomic E-state index is 13.0. The minimum Gasteiger partial charge on any atom is -0.379 e. The van der Waals surface area contributed by atoms with Crippen LogP contribution in [-0.2, 0) is 32.3 Å². The zero-order valence-corrected chi connectivity index (χ0v) is 23.4. The molecule has 0 aromatic heterocycles. The smallest absolute Gasteiger partial charge is 0.379 e. The van der Waals surface area contributed by atoms with Crippen molar-refractivity contribution in [2.24, 2.45) is 17.8 Å². The van der Waals surface area contributed by atoms with Gasteiger partial charge < -0.3 is 14.2 Å². The Hall–Kier alpha value is -0.790. The molecule has 0 aliphatic carbocycles. The van der Waals surface area contributed by atoms with Crippen LogP contribution in [0.1, 0.15) is 59.3 Å². The molecule has 0 amide bonds. The Morgan fingerprint density at radius 3 is 1.09 bits per heavy atom. The first-order valence-corrected chi connectivity index (χ1v) is 14.4. The van der Waals surface area contributed by atoms with E-state index in [1.807, 2.05) is 18.2 Å². The topological polar surface area (TPSA) is 72.5 Å². The third-order valence-corrected chi connectivity index (χ3v) is 6.90. The molecule has 0 aliphatic rings. The SMILES string of the molecule is C=CCC(C)CCOCCOP(=O)(OCCOCCC(C)CC=C)OCCOCCC(C)CC=C. The lowest BCUT2D eigenvalue weighted by atomic mass is 10.1. The number of phosphoric ester groups is 1. The molecule has 206 valence electrons. The summed E-state index contributed by atoms with van der Waals surface area (Å²) < 4.78 is 46.2. The Balaban J connectivity index is 4.29. The third kappa shape index (κ3) is 22.2. The molecule has 0 saturated carbocycles. The lowest BCUT2D eigenvalue weighted by molar-refractivity contribution is 0.0303. The van der Waals surface area contributed by atoms with Gasteiger partial charge in [-0.25, -0.2) is 4.57 Å². The van der Waals surface area contributed by atoms with Crippen molar-refractivity contribution < 1.29 is 32.3 Å². The second kappa shape index (κ2) is 23.6. The van der Waals surface area contributed by atoms with Gasteiger partial charge in [-0.1, -0.05) is 39.0 Å². The maximum atomic E-state index is 13.0. The standard InChI is InChI=1S/C27H51O7P/c1-7-10-25(4)13-16-29-19-22-32-35(28,33-23-20-30-17-14-26(5)11-8-2)34-24-21-31-18-15-27(6)12-9-3/h7-9,25-27H,1-3,10-24H2,4-6H3. The second-order valence-electron chi connectivity index (χ2n) is 9.04. The number of hydrogen-bond donors (Lipinski definition) is 0. The molecule has 0 rings (SSSR count). The van der Waals surface area contributed by atoms with E-state index >= 15 is 0 Å². The Bertz CT molecular complexity index is 494. The highest BCUT2D eigenvalue weighted by molar-refractivity contribution is 7.48. The van der Waals surface area contributed by atoms with Crippen LogP contribution in [0.2, 0.25) is 0 Å². The van der Waals surface area contributed by atoms with Crippen LogP contribution in [0, 0.1) is 17.8 Å². The molecule has 7 nitrogen and oxygen atoms in total. The molecule has 0 aliphatic heterocycles. The van der Waals surface area contributed by atoms with Gasteiger partial charge in [0.1, 0.15) is 0 Å². The molecule has 0 fully saturated rings. The Kier molecular flexibility index (Phi) is 23.1. The molecule has 0 bridgehead atoms. The summed E-state index contributed by atoms with van der Waals surface area (Å²) in [6.45, 7) is 20.8. The molecule has 0 spiro atoms. The molecule has 3 unspecified atom stereocenters. The summed E-state index contributed by atoms with van der Waals surface area (Å²) in [5.74, 6) is 1.56. The van der Waals surface area contributed by atoms with Gasteiger partial charge >= 0.3 is 7.82 Å². The Morgan fingerprint density at radius 1 is 0.543 bits per heavy atom. The van der Waals surface area contributed by atoms with Gasteiger partial charge in [-0.15, -0.1) is 19.7 Å². The van der Waals surface area contributed by atoms with E-state index in [1.54, 1.807) is 0 Å². The van der Waals surface area contributed by atoms with Crippen molar-refractivity contribution in [3.63, 3.8) is 0 Å². The highest BCUT2D eigenvalue weighted by atomic mass is 31.2. The van der Waals surface area contributed by atoms with Gasteiger partial charge in [0.15, 0.2) is 0 Å². The van der Waals surface area contributed by atoms with E-state index < -0.39 is 7.82 Å². The first-order valence-electron chi connectivity index (χ1n) is 13.0. The van der Waals surface area contributed by atoms with Crippen LogP contribution in [0.25, 0.3) is 0 Å².